The lowest BCUT2D eigenvalue weighted by Gasteiger charge is -2.17. The Morgan fingerprint density at radius 3 is 2.37 bits per heavy atom. The molecule has 1 N–H and O–H groups in total. The van der Waals surface area contributed by atoms with Crippen LogP contribution in [-0.4, -0.2) is 10.2 Å². The molecule has 1 aromatic heterocycles. The van der Waals surface area contributed by atoms with Crippen molar-refractivity contribution in [2.45, 2.75) is 26.8 Å². The molecule has 1 heterocycles. The van der Waals surface area contributed by atoms with E-state index in [0.717, 1.165) is 21.4 Å². The lowest BCUT2D eigenvalue weighted by Crippen LogP contribution is -2.10. The number of hydrogen-bond donors (Lipinski definition) is 1. The van der Waals surface area contributed by atoms with Crippen molar-refractivity contribution >= 4 is 33.3 Å². The van der Waals surface area contributed by atoms with Crippen molar-refractivity contribution in [3.8, 4) is 0 Å². The highest BCUT2D eigenvalue weighted by Gasteiger charge is 2.11. The van der Waals surface area contributed by atoms with Crippen LogP contribution in [0, 0.1) is 13.8 Å². The molecule has 0 aliphatic heterocycles. The molecule has 1 aromatic carbocycles. The van der Waals surface area contributed by atoms with Gasteiger partial charge in [-0.2, -0.15) is 0 Å². The highest BCUT2D eigenvalue weighted by Crippen LogP contribution is 2.25. The largest absolute Gasteiger partial charge is 0.362 e. The summed E-state index contributed by atoms with van der Waals surface area (Å²) in [5.74, 6) is 0.775. The van der Waals surface area contributed by atoms with Crippen LogP contribution in [0.15, 0.2) is 28.7 Å². The normalized spacial score (nSPS) is 12.3. The first-order valence-corrected chi connectivity index (χ1v) is 7.17. The van der Waals surface area contributed by atoms with Gasteiger partial charge in [-0.25, -0.2) is 0 Å². The molecule has 0 bridgehead atoms. The first-order valence-electron chi connectivity index (χ1n) is 6.00. The Morgan fingerprint density at radius 1 is 1.11 bits per heavy atom. The SMILES string of the molecule is Cc1c(Cl)nnc(NC(C)c2ccc(Br)cc2)c1C. The maximum absolute atomic E-state index is 5.95. The molecule has 0 amide bonds. The first-order chi connectivity index (χ1) is 8.99. The van der Waals surface area contributed by atoms with Gasteiger partial charge in [-0.05, 0) is 49.6 Å². The van der Waals surface area contributed by atoms with E-state index in [0.29, 0.717) is 5.15 Å². The maximum atomic E-state index is 5.95. The summed E-state index contributed by atoms with van der Waals surface area (Å²) in [6, 6.07) is 8.36. The maximum Gasteiger partial charge on any atom is 0.155 e. The molecule has 0 saturated carbocycles. The molecule has 3 nitrogen and oxygen atoms in total. The zero-order valence-electron chi connectivity index (χ0n) is 11.0. The van der Waals surface area contributed by atoms with Gasteiger partial charge in [-0.3, -0.25) is 0 Å². The standard InChI is InChI=1S/C14H15BrClN3/c1-8-9(2)14(19-18-13(8)16)17-10(3)11-4-6-12(15)7-5-11/h4-7,10H,1-3H3,(H,17,19). The number of aromatic nitrogens is 2. The predicted molar refractivity (Wildman–Crippen MR) is 82.7 cm³/mol. The molecule has 0 radical (unpaired) electrons. The second-order valence-electron chi connectivity index (χ2n) is 4.51. The number of nitrogens with one attached hydrogen (secondary N) is 1. The van der Waals surface area contributed by atoms with Crippen molar-refractivity contribution in [3.63, 3.8) is 0 Å². The zero-order valence-corrected chi connectivity index (χ0v) is 13.4. The molecule has 0 aliphatic rings. The number of benzene rings is 1. The predicted octanol–water partition coefficient (Wildman–Crippen LogP) is 4.68. The van der Waals surface area contributed by atoms with E-state index in [-0.39, 0.29) is 6.04 Å². The minimum absolute atomic E-state index is 0.154. The fraction of sp³-hybridized carbons (Fsp3) is 0.286. The van der Waals surface area contributed by atoms with Gasteiger partial charge < -0.3 is 5.32 Å². The zero-order chi connectivity index (χ0) is 14.0. The van der Waals surface area contributed by atoms with Gasteiger partial charge in [0, 0.05) is 4.47 Å². The molecule has 2 rings (SSSR count). The van der Waals surface area contributed by atoms with E-state index >= 15 is 0 Å². The summed E-state index contributed by atoms with van der Waals surface area (Å²) in [4.78, 5) is 0. The Labute approximate surface area is 126 Å². The molecule has 0 spiro atoms. The summed E-state index contributed by atoms with van der Waals surface area (Å²) in [6.45, 7) is 6.03. The monoisotopic (exact) mass is 339 g/mol. The minimum Gasteiger partial charge on any atom is -0.362 e. The summed E-state index contributed by atoms with van der Waals surface area (Å²) in [6.07, 6.45) is 0. The molecule has 100 valence electrons. The molecule has 1 unspecified atom stereocenters. The molecular formula is C14H15BrClN3. The van der Waals surface area contributed by atoms with Gasteiger partial charge in [0.2, 0.25) is 0 Å². The van der Waals surface area contributed by atoms with E-state index in [1.807, 2.05) is 26.0 Å². The number of hydrogen-bond acceptors (Lipinski definition) is 3. The van der Waals surface area contributed by atoms with Crippen LogP contribution in [0.4, 0.5) is 5.82 Å². The van der Waals surface area contributed by atoms with Crippen molar-refractivity contribution in [3.05, 3.63) is 50.6 Å². The average Bonchev–Trinajstić information content (AvgIpc) is 2.40. The van der Waals surface area contributed by atoms with Crippen molar-refractivity contribution in [1.82, 2.24) is 10.2 Å². The lowest BCUT2D eigenvalue weighted by molar-refractivity contribution is 0.853. The van der Waals surface area contributed by atoms with Crippen LogP contribution in [-0.2, 0) is 0 Å². The average molecular weight is 341 g/mol. The third kappa shape index (κ3) is 3.25. The van der Waals surface area contributed by atoms with Crippen LogP contribution in [0.25, 0.3) is 0 Å². The number of anilines is 1. The smallest absolute Gasteiger partial charge is 0.155 e. The Balaban J connectivity index is 2.21. The van der Waals surface area contributed by atoms with Crippen LogP contribution in [0.5, 0.6) is 0 Å². The summed E-state index contributed by atoms with van der Waals surface area (Å²) in [7, 11) is 0. The Hall–Kier alpha value is -1.13. The second-order valence-corrected chi connectivity index (χ2v) is 5.78. The molecular weight excluding hydrogens is 326 g/mol. The molecule has 1 atom stereocenters. The van der Waals surface area contributed by atoms with Crippen LogP contribution in [0.1, 0.15) is 29.7 Å². The van der Waals surface area contributed by atoms with Gasteiger partial charge in [-0.15, -0.1) is 10.2 Å². The van der Waals surface area contributed by atoms with Crippen molar-refractivity contribution < 1.29 is 0 Å². The molecule has 5 heteroatoms. The molecule has 0 saturated heterocycles. The van der Waals surface area contributed by atoms with Crippen molar-refractivity contribution in [1.29, 1.82) is 0 Å². The first kappa shape index (κ1) is 14.3. The third-order valence-electron chi connectivity index (χ3n) is 3.19. The summed E-state index contributed by atoms with van der Waals surface area (Å²) in [5, 5.41) is 11.9. The van der Waals surface area contributed by atoms with Gasteiger partial charge in [0.1, 0.15) is 0 Å². The van der Waals surface area contributed by atoms with Crippen molar-refractivity contribution in [2.24, 2.45) is 0 Å². The van der Waals surface area contributed by atoms with Gasteiger partial charge >= 0.3 is 0 Å². The Morgan fingerprint density at radius 2 is 1.74 bits per heavy atom. The van der Waals surface area contributed by atoms with E-state index in [4.69, 9.17) is 11.6 Å². The van der Waals surface area contributed by atoms with Gasteiger partial charge in [0.25, 0.3) is 0 Å². The number of nitrogens with zero attached hydrogens (tertiary/aromatic N) is 2. The van der Waals surface area contributed by atoms with Crippen LogP contribution in [0.2, 0.25) is 5.15 Å². The van der Waals surface area contributed by atoms with Crippen molar-refractivity contribution in [2.75, 3.05) is 5.32 Å². The Kier molecular flexibility index (Phi) is 4.42. The molecule has 0 aliphatic carbocycles. The third-order valence-corrected chi connectivity index (χ3v) is 4.08. The fourth-order valence-electron chi connectivity index (χ4n) is 1.75. The topological polar surface area (TPSA) is 37.8 Å². The Bertz CT molecular complexity index is 584. The highest BCUT2D eigenvalue weighted by atomic mass is 79.9. The van der Waals surface area contributed by atoms with E-state index in [2.05, 4.69) is 50.5 Å². The van der Waals surface area contributed by atoms with E-state index < -0.39 is 0 Å². The quantitative estimate of drug-likeness (QED) is 0.881. The second kappa shape index (κ2) is 5.88. The van der Waals surface area contributed by atoms with E-state index in [1.165, 1.54) is 5.56 Å². The van der Waals surface area contributed by atoms with E-state index in [9.17, 15) is 0 Å². The molecule has 19 heavy (non-hydrogen) atoms. The molecule has 2 aromatic rings. The van der Waals surface area contributed by atoms with Crippen LogP contribution in [0.3, 0.4) is 0 Å². The van der Waals surface area contributed by atoms with E-state index in [1.54, 1.807) is 0 Å². The fourth-order valence-corrected chi connectivity index (χ4v) is 2.20. The summed E-state index contributed by atoms with van der Waals surface area (Å²) in [5.41, 5.74) is 3.18. The summed E-state index contributed by atoms with van der Waals surface area (Å²) >= 11 is 9.38. The number of rotatable bonds is 3. The van der Waals surface area contributed by atoms with Gasteiger partial charge in [-0.1, -0.05) is 39.7 Å². The van der Waals surface area contributed by atoms with Gasteiger partial charge in [0.15, 0.2) is 11.0 Å². The molecule has 0 fully saturated rings. The lowest BCUT2D eigenvalue weighted by atomic mass is 10.1. The number of halogens is 2. The summed E-state index contributed by atoms with van der Waals surface area (Å²) < 4.78 is 1.07. The van der Waals surface area contributed by atoms with Gasteiger partial charge in [0.05, 0.1) is 6.04 Å². The van der Waals surface area contributed by atoms with Crippen LogP contribution < -0.4 is 5.32 Å². The highest BCUT2D eigenvalue weighted by molar-refractivity contribution is 9.10. The minimum atomic E-state index is 0.154. The van der Waals surface area contributed by atoms with Crippen LogP contribution >= 0.6 is 27.5 Å².